The topological polar surface area (TPSA) is 92.3 Å². The molecule has 134 valence electrons. The number of aryl methyl sites for hydroxylation is 1. The summed E-state index contributed by atoms with van der Waals surface area (Å²) in [6.07, 6.45) is 4.00. The first-order valence-corrected chi connectivity index (χ1v) is 10.3. The highest BCUT2D eigenvalue weighted by Crippen LogP contribution is 2.35. The van der Waals surface area contributed by atoms with E-state index in [9.17, 15) is 13.2 Å². The molecule has 0 unspecified atom stereocenters. The summed E-state index contributed by atoms with van der Waals surface area (Å²) >= 11 is 0. The van der Waals surface area contributed by atoms with Crippen LogP contribution in [0.15, 0.2) is 23.1 Å². The number of sulfonamides is 1. The molecule has 0 saturated carbocycles. The van der Waals surface area contributed by atoms with Gasteiger partial charge in [0.25, 0.3) is 15.9 Å². The predicted octanol–water partition coefficient (Wildman–Crippen LogP) is 1.66. The first-order chi connectivity index (χ1) is 12.4. The number of hydrogen-bond acceptors (Lipinski definition) is 6. The van der Waals surface area contributed by atoms with E-state index in [1.54, 1.807) is 12.1 Å². The molecule has 0 bridgehead atoms. The van der Waals surface area contributed by atoms with E-state index in [0.29, 0.717) is 6.04 Å². The first kappa shape index (κ1) is 15.7. The first-order valence-electron chi connectivity index (χ1n) is 8.82. The average molecular weight is 370 g/mol. The lowest BCUT2D eigenvalue weighted by Gasteiger charge is -2.39. The fourth-order valence-corrected chi connectivity index (χ4v) is 5.07. The van der Waals surface area contributed by atoms with Gasteiger partial charge in [0.15, 0.2) is 0 Å². The average Bonchev–Trinajstić information content (AvgIpc) is 3.15. The fraction of sp³-hybridized carbons (Fsp3) is 0.389. The second kappa shape index (κ2) is 5.26. The van der Waals surface area contributed by atoms with Crippen molar-refractivity contribution in [2.75, 3.05) is 11.4 Å². The number of nitrogens with zero attached hydrogens (tertiary/aromatic N) is 3. The third kappa shape index (κ3) is 2.18. The van der Waals surface area contributed by atoms with Crippen LogP contribution in [0.1, 0.15) is 41.4 Å². The molecular formula is C18H18N4O3S. The van der Waals surface area contributed by atoms with Crippen molar-refractivity contribution in [1.82, 2.24) is 14.7 Å². The van der Waals surface area contributed by atoms with E-state index in [1.807, 2.05) is 4.72 Å². The Bertz CT molecular complexity index is 1060. The largest absolute Gasteiger partial charge is 0.338 e. The Morgan fingerprint density at radius 2 is 2.08 bits per heavy atom. The highest BCUT2D eigenvalue weighted by atomic mass is 32.2. The van der Waals surface area contributed by atoms with Gasteiger partial charge >= 0.3 is 0 Å². The van der Waals surface area contributed by atoms with Gasteiger partial charge in [-0.2, -0.15) is 0 Å². The molecule has 2 aromatic rings. The SMILES string of the molecule is C[C@H]1CCN1c1nc2c(c(-c3ccc4c(c3)C(=O)NS4(=O)=O)n1)CCC2. The molecule has 8 heteroatoms. The van der Waals surface area contributed by atoms with Gasteiger partial charge in [-0.05, 0) is 44.7 Å². The second-order valence-corrected chi connectivity index (χ2v) is 8.78. The molecule has 5 rings (SSSR count). The summed E-state index contributed by atoms with van der Waals surface area (Å²) in [5.41, 5.74) is 3.96. The van der Waals surface area contributed by atoms with E-state index < -0.39 is 15.9 Å². The Kier molecular flexibility index (Phi) is 3.19. The van der Waals surface area contributed by atoms with Gasteiger partial charge in [-0.15, -0.1) is 0 Å². The number of carbonyl (C=O) groups excluding carboxylic acids is 1. The molecule has 3 aliphatic rings. The molecule has 26 heavy (non-hydrogen) atoms. The summed E-state index contributed by atoms with van der Waals surface area (Å²) in [5, 5.41) is 0. The van der Waals surface area contributed by atoms with Crippen LogP contribution in [0.25, 0.3) is 11.3 Å². The lowest BCUT2D eigenvalue weighted by Crippen LogP contribution is -2.46. The molecule has 7 nitrogen and oxygen atoms in total. The van der Waals surface area contributed by atoms with Crippen molar-refractivity contribution < 1.29 is 13.2 Å². The lowest BCUT2D eigenvalue weighted by atomic mass is 10.0. The molecule has 0 radical (unpaired) electrons. The highest BCUT2D eigenvalue weighted by molar-refractivity contribution is 7.90. The molecule has 2 aliphatic heterocycles. The second-order valence-electron chi connectivity index (χ2n) is 7.13. The minimum absolute atomic E-state index is 0.0357. The molecule has 3 heterocycles. The Hall–Kier alpha value is -2.48. The molecule has 1 amide bonds. The zero-order valence-electron chi connectivity index (χ0n) is 14.3. The Morgan fingerprint density at radius 1 is 1.23 bits per heavy atom. The highest BCUT2D eigenvalue weighted by Gasteiger charge is 2.34. The number of fused-ring (bicyclic) bond motifs is 2. The van der Waals surface area contributed by atoms with Crippen LogP contribution in [0.5, 0.6) is 0 Å². The van der Waals surface area contributed by atoms with Crippen molar-refractivity contribution in [2.45, 2.75) is 43.5 Å². The molecule has 0 spiro atoms. The van der Waals surface area contributed by atoms with E-state index >= 15 is 0 Å². The Morgan fingerprint density at radius 3 is 2.81 bits per heavy atom. The van der Waals surface area contributed by atoms with Crippen molar-refractivity contribution in [3.05, 3.63) is 35.0 Å². The summed E-state index contributed by atoms with van der Waals surface area (Å²) < 4.78 is 26.0. The molecule has 1 N–H and O–H groups in total. The van der Waals surface area contributed by atoms with E-state index in [0.717, 1.165) is 60.7 Å². The number of anilines is 1. The van der Waals surface area contributed by atoms with Crippen molar-refractivity contribution >= 4 is 21.9 Å². The van der Waals surface area contributed by atoms with Gasteiger partial charge in [-0.25, -0.2) is 23.1 Å². The van der Waals surface area contributed by atoms with Crippen molar-refractivity contribution in [2.24, 2.45) is 0 Å². The van der Waals surface area contributed by atoms with E-state index in [-0.39, 0.29) is 10.5 Å². The number of rotatable bonds is 2. The quantitative estimate of drug-likeness (QED) is 0.864. The molecule has 1 atom stereocenters. The van der Waals surface area contributed by atoms with E-state index in [1.165, 1.54) is 6.07 Å². The maximum atomic E-state index is 12.0. The fourth-order valence-electron chi connectivity index (χ4n) is 3.92. The van der Waals surface area contributed by atoms with Gasteiger partial charge in [0.1, 0.15) is 4.90 Å². The smallest absolute Gasteiger partial charge is 0.266 e. The summed E-state index contributed by atoms with van der Waals surface area (Å²) in [7, 11) is -3.73. The molecule has 1 saturated heterocycles. The minimum Gasteiger partial charge on any atom is -0.338 e. The normalized spacial score (nSPS) is 22.6. The van der Waals surface area contributed by atoms with Crippen LogP contribution < -0.4 is 9.62 Å². The predicted molar refractivity (Wildman–Crippen MR) is 95.6 cm³/mol. The number of aromatic nitrogens is 2. The molecule has 1 fully saturated rings. The Balaban J connectivity index is 1.67. The number of carbonyl (C=O) groups is 1. The number of amides is 1. The van der Waals surface area contributed by atoms with Crippen LogP contribution in [0.2, 0.25) is 0 Å². The molecule has 1 aromatic carbocycles. The molecular weight excluding hydrogens is 352 g/mol. The zero-order valence-corrected chi connectivity index (χ0v) is 15.1. The van der Waals surface area contributed by atoms with Gasteiger partial charge in [0, 0.05) is 29.4 Å². The van der Waals surface area contributed by atoms with Crippen LogP contribution in [0, 0.1) is 0 Å². The van der Waals surface area contributed by atoms with Crippen LogP contribution in [-0.4, -0.2) is 36.9 Å². The maximum Gasteiger partial charge on any atom is 0.266 e. The van der Waals surface area contributed by atoms with Crippen molar-refractivity contribution in [3.63, 3.8) is 0 Å². The van der Waals surface area contributed by atoms with E-state index in [2.05, 4.69) is 11.8 Å². The summed E-state index contributed by atoms with van der Waals surface area (Å²) in [5.74, 6) is 0.154. The summed E-state index contributed by atoms with van der Waals surface area (Å²) in [4.78, 5) is 23.8. The Labute approximate surface area is 151 Å². The molecule has 1 aliphatic carbocycles. The van der Waals surface area contributed by atoms with Gasteiger partial charge in [0.2, 0.25) is 5.95 Å². The number of benzene rings is 1. The number of hydrogen-bond donors (Lipinski definition) is 1. The zero-order chi connectivity index (χ0) is 18.1. The molecule has 1 aromatic heterocycles. The third-order valence-corrected chi connectivity index (χ3v) is 6.90. The standard InChI is InChI=1S/C18H18N4O3S/c1-10-7-8-22(10)18-19-14-4-2-3-12(14)16(20-18)11-5-6-15-13(9-11)17(23)21-26(15,24)25/h5-6,9-10H,2-4,7-8H2,1H3,(H,21,23)/t10-/m0/s1. The monoisotopic (exact) mass is 370 g/mol. The van der Waals surface area contributed by atoms with Gasteiger partial charge in [-0.3, -0.25) is 4.79 Å². The van der Waals surface area contributed by atoms with Crippen molar-refractivity contribution in [3.8, 4) is 11.3 Å². The summed E-state index contributed by atoms with van der Waals surface area (Å²) in [6.45, 7) is 3.11. The van der Waals surface area contributed by atoms with E-state index in [4.69, 9.17) is 9.97 Å². The van der Waals surface area contributed by atoms with Gasteiger partial charge < -0.3 is 4.90 Å². The maximum absolute atomic E-state index is 12.0. The van der Waals surface area contributed by atoms with Gasteiger partial charge in [0.05, 0.1) is 11.3 Å². The van der Waals surface area contributed by atoms with Crippen LogP contribution in [-0.2, 0) is 22.9 Å². The number of nitrogens with one attached hydrogen (secondary N) is 1. The summed E-state index contributed by atoms with van der Waals surface area (Å²) in [6, 6.07) is 5.30. The van der Waals surface area contributed by atoms with Crippen LogP contribution in [0.4, 0.5) is 5.95 Å². The van der Waals surface area contributed by atoms with Crippen LogP contribution in [0.3, 0.4) is 0 Å². The van der Waals surface area contributed by atoms with Crippen molar-refractivity contribution in [1.29, 1.82) is 0 Å². The van der Waals surface area contributed by atoms with Crippen LogP contribution >= 0.6 is 0 Å². The lowest BCUT2D eigenvalue weighted by molar-refractivity contribution is 0.0985. The minimum atomic E-state index is -3.73. The third-order valence-electron chi connectivity index (χ3n) is 5.51. The van der Waals surface area contributed by atoms with Gasteiger partial charge in [-0.1, -0.05) is 6.07 Å².